The fraction of sp³-hybridized carbons (Fsp3) is 0.765. The van der Waals surface area contributed by atoms with E-state index in [1.54, 1.807) is 0 Å². The van der Waals surface area contributed by atoms with Crippen molar-refractivity contribution >= 4 is 11.7 Å². The van der Waals surface area contributed by atoms with Crippen molar-refractivity contribution < 1.29 is 9.90 Å². The summed E-state index contributed by atoms with van der Waals surface area (Å²) in [6.45, 7) is 8.71. The predicted molar refractivity (Wildman–Crippen MR) is 91.6 cm³/mol. The molecule has 0 bridgehead atoms. The fourth-order valence-corrected chi connectivity index (χ4v) is 3.47. The third-order valence-corrected chi connectivity index (χ3v) is 5.01. The number of aryl methyl sites for hydroxylation is 2. The smallest absolute Gasteiger partial charge is 0.319 e. The average Bonchev–Trinajstić information content (AvgIpc) is 2.81. The normalized spacial score (nSPS) is 18.5. The van der Waals surface area contributed by atoms with E-state index in [1.165, 1.54) is 19.3 Å². The molecule has 6 nitrogen and oxygen atoms in total. The molecule has 1 atom stereocenters. The van der Waals surface area contributed by atoms with Gasteiger partial charge in [-0.2, -0.15) is 5.10 Å². The Morgan fingerprint density at radius 3 is 2.57 bits per heavy atom. The van der Waals surface area contributed by atoms with E-state index in [4.69, 9.17) is 0 Å². The summed E-state index contributed by atoms with van der Waals surface area (Å²) in [6.07, 6.45) is 5.67. The molecule has 130 valence electrons. The van der Waals surface area contributed by atoms with Crippen LogP contribution in [-0.2, 0) is 6.54 Å². The van der Waals surface area contributed by atoms with Gasteiger partial charge in [-0.3, -0.25) is 4.68 Å². The lowest BCUT2D eigenvalue weighted by Gasteiger charge is -2.35. The highest BCUT2D eigenvalue weighted by atomic mass is 16.3. The molecule has 1 aliphatic carbocycles. The minimum absolute atomic E-state index is 0.267. The van der Waals surface area contributed by atoms with Crippen LogP contribution < -0.4 is 10.6 Å². The molecule has 1 aliphatic rings. The second kappa shape index (κ2) is 7.34. The largest absolute Gasteiger partial charge is 0.388 e. The molecule has 2 rings (SSSR count). The number of aliphatic hydroxyl groups is 1. The maximum atomic E-state index is 12.2. The van der Waals surface area contributed by atoms with E-state index >= 15 is 0 Å². The van der Waals surface area contributed by atoms with E-state index in [-0.39, 0.29) is 18.5 Å². The van der Waals surface area contributed by atoms with E-state index in [1.807, 2.05) is 32.4 Å². The van der Waals surface area contributed by atoms with Gasteiger partial charge in [0.15, 0.2) is 0 Å². The van der Waals surface area contributed by atoms with Crippen molar-refractivity contribution in [2.75, 3.05) is 11.9 Å². The summed E-state index contributed by atoms with van der Waals surface area (Å²) in [4.78, 5) is 12.2. The summed E-state index contributed by atoms with van der Waals surface area (Å²) in [6, 6.07) is -0.289. The van der Waals surface area contributed by atoms with Crippen molar-refractivity contribution in [1.82, 2.24) is 15.1 Å². The van der Waals surface area contributed by atoms with Gasteiger partial charge in [0.25, 0.3) is 0 Å². The van der Waals surface area contributed by atoms with Crippen molar-refractivity contribution in [2.24, 2.45) is 5.92 Å². The number of hydrogen-bond donors (Lipinski definition) is 3. The molecule has 0 aromatic carbocycles. The maximum Gasteiger partial charge on any atom is 0.319 e. The standard InChI is InChI=1S/C17H30N4O2/c1-5-21-13(3)15(12(2)20-21)19-16(22)18-11-17(4,23)14-9-7-6-8-10-14/h14,23H,5-11H2,1-4H3,(H2,18,19,22)/t17-/m0/s1. The molecule has 23 heavy (non-hydrogen) atoms. The molecule has 0 spiro atoms. The molecule has 0 unspecified atom stereocenters. The lowest BCUT2D eigenvalue weighted by molar-refractivity contribution is -0.0127. The summed E-state index contributed by atoms with van der Waals surface area (Å²) < 4.78 is 1.86. The van der Waals surface area contributed by atoms with Gasteiger partial charge < -0.3 is 15.7 Å². The number of urea groups is 1. The Morgan fingerprint density at radius 1 is 1.35 bits per heavy atom. The van der Waals surface area contributed by atoms with Crippen molar-refractivity contribution in [3.63, 3.8) is 0 Å². The van der Waals surface area contributed by atoms with Gasteiger partial charge in [0.05, 0.1) is 22.7 Å². The number of aromatic nitrogens is 2. The van der Waals surface area contributed by atoms with Gasteiger partial charge in [-0.25, -0.2) is 4.79 Å². The highest BCUT2D eigenvalue weighted by Crippen LogP contribution is 2.32. The zero-order chi connectivity index (χ0) is 17.0. The first-order valence-electron chi connectivity index (χ1n) is 8.66. The first-order chi connectivity index (χ1) is 10.8. The SMILES string of the molecule is CCn1nc(C)c(NC(=O)NC[C@](C)(O)C2CCCCC2)c1C. The number of amides is 2. The Hall–Kier alpha value is -1.56. The van der Waals surface area contributed by atoms with Gasteiger partial charge in [-0.1, -0.05) is 19.3 Å². The number of hydrogen-bond acceptors (Lipinski definition) is 3. The molecule has 3 N–H and O–H groups in total. The Balaban J connectivity index is 1.91. The quantitative estimate of drug-likeness (QED) is 0.780. The number of nitrogens with zero attached hydrogens (tertiary/aromatic N) is 2. The van der Waals surface area contributed by atoms with Crippen LogP contribution in [0.15, 0.2) is 0 Å². The molecule has 1 heterocycles. The van der Waals surface area contributed by atoms with Gasteiger partial charge >= 0.3 is 6.03 Å². The number of nitrogens with one attached hydrogen (secondary N) is 2. The van der Waals surface area contributed by atoms with Crippen LogP contribution in [0.1, 0.15) is 57.3 Å². The molecule has 1 fully saturated rings. The second-order valence-corrected chi connectivity index (χ2v) is 6.86. The highest BCUT2D eigenvalue weighted by molar-refractivity contribution is 5.90. The van der Waals surface area contributed by atoms with Gasteiger partial charge in [-0.15, -0.1) is 0 Å². The van der Waals surface area contributed by atoms with Crippen LogP contribution in [0.25, 0.3) is 0 Å². The first kappa shape index (κ1) is 17.8. The van der Waals surface area contributed by atoms with E-state index in [0.29, 0.717) is 0 Å². The van der Waals surface area contributed by atoms with Crippen molar-refractivity contribution in [2.45, 2.75) is 71.9 Å². The van der Waals surface area contributed by atoms with Crippen molar-refractivity contribution in [3.8, 4) is 0 Å². The Labute approximate surface area is 138 Å². The Morgan fingerprint density at radius 2 is 2.00 bits per heavy atom. The average molecular weight is 322 g/mol. The number of anilines is 1. The zero-order valence-corrected chi connectivity index (χ0v) is 14.8. The predicted octanol–water partition coefficient (Wildman–Crippen LogP) is 2.97. The first-order valence-corrected chi connectivity index (χ1v) is 8.66. The summed E-state index contributed by atoms with van der Waals surface area (Å²) >= 11 is 0. The van der Waals surface area contributed by atoms with Gasteiger partial charge in [-0.05, 0) is 46.5 Å². The molecular formula is C17H30N4O2. The van der Waals surface area contributed by atoms with Crippen LogP contribution in [-0.4, -0.2) is 33.1 Å². The van der Waals surface area contributed by atoms with Crippen LogP contribution in [0, 0.1) is 19.8 Å². The second-order valence-electron chi connectivity index (χ2n) is 6.86. The van der Waals surface area contributed by atoms with E-state index in [9.17, 15) is 9.90 Å². The third-order valence-electron chi connectivity index (χ3n) is 5.01. The molecular weight excluding hydrogens is 292 g/mol. The molecule has 2 amide bonds. The van der Waals surface area contributed by atoms with Gasteiger partial charge in [0.1, 0.15) is 0 Å². The monoisotopic (exact) mass is 322 g/mol. The summed E-state index contributed by atoms with van der Waals surface area (Å²) in [5.41, 5.74) is 1.65. The summed E-state index contributed by atoms with van der Waals surface area (Å²) in [5.74, 6) is 0.267. The van der Waals surface area contributed by atoms with E-state index < -0.39 is 5.60 Å². The number of carbonyl (C=O) groups is 1. The zero-order valence-electron chi connectivity index (χ0n) is 14.8. The van der Waals surface area contributed by atoms with E-state index in [2.05, 4.69) is 15.7 Å². The Bertz CT molecular complexity index is 545. The van der Waals surface area contributed by atoms with Crippen LogP contribution in [0.5, 0.6) is 0 Å². The van der Waals surface area contributed by atoms with E-state index in [0.717, 1.165) is 36.5 Å². The van der Waals surface area contributed by atoms with Crippen molar-refractivity contribution in [1.29, 1.82) is 0 Å². The number of rotatable bonds is 5. The molecule has 1 saturated carbocycles. The van der Waals surface area contributed by atoms with Gasteiger partial charge in [0.2, 0.25) is 0 Å². The molecule has 0 aliphatic heterocycles. The molecule has 6 heteroatoms. The number of carbonyl (C=O) groups excluding carboxylic acids is 1. The lowest BCUT2D eigenvalue weighted by Crippen LogP contribution is -2.47. The van der Waals surface area contributed by atoms with Crippen LogP contribution in [0.4, 0.5) is 10.5 Å². The lowest BCUT2D eigenvalue weighted by atomic mass is 9.78. The molecule has 0 saturated heterocycles. The van der Waals surface area contributed by atoms with Gasteiger partial charge in [0, 0.05) is 13.1 Å². The topological polar surface area (TPSA) is 79.2 Å². The summed E-state index contributed by atoms with van der Waals surface area (Å²) in [7, 11) is 0. The third kappa shape index (κ3) is 4.25. The summed E-state index contributed by atoms with van der Waals surface area (Å²) in [5, 5.41) is 20.7. The molecule has 1 aromatic rings. The van der Waals surface area contributed by atoms with Crippen LogP contribution >= 0.6 is 0 Å². The minimum Gasteiger partial charge on any atom is -0.388 e. The molecule has 0 radical (unpaired) electrons. The molecule has 1 aromatic heterocycles. The Kier molecular flexibility index (Phi) is 5.68. The maximum absolute atomic E-state index is 12.2. The van der Waals surface area contributed by atoms with Crippen LogP contribution in [0.2, 0.25) is 0 Å². The van der Waals surface area contributed by atoms with Crippen LogP contribution in [0.3, 0.4) is 0 Å². The minimum atomic E-state index is -0.852. The fourth-order valence-electron chi connectivity index (χ4n) is 3.47. The highest BCUT2D eigenvalue weighted by Gasteiger charge is 2.33. The van der Waals surface area contributed by atoms with Crippen molar-refractivity contribution in [3.05, 3.63) is 11.4 Å².